The van der Waals surface area contributed by atoms with E-state index < -0.39 is 0 Å². The highest BCUT2D eigenvalue weighted by Crippen LogP contribution is 2.34. The second-order valence-corrected chi connectivity index (χ2v) is 7.71. The van der Waals surface area contributed by atoms with Crippen molar-refractivity contribution in [3.8, 4) is 0 Å². The minimum absolute atomic E-state index is 0.160. The van der Waals surface area contributed by atoms with Gasteiger partial charge in [0.2, 0.25) is 5.91 Å². The zero-order valence-electron chi connectivity index (χ0n) is 17.6. The standard InChI is InChI=1S/C24H33N3O2/c1-3-23(28)27(22-12-8-5-9-13-22)24(20-29-2)14-17-26(18-15-24)19-16-25-21-10-6-4-7-11-21/h4-13,25H,3,14-20H2,1-2H3. The molecule has 2 aromatic carbocycles. The topological polar surface area (TPSA) is 44.8 Å². The van der Waals surface area contributed by atoms with Crippen molar-refractivity contribution in [1.29, 1.82) is 0 Å². The molecule has 0 saturated carbocycles. The Bertz CT molecular complexity index is 743. The van der Waals surface area contributed by atoms with Crippen molar-refractivity contribution >= 4 is 17.3 Å². The van der Waals surface area contributed by atoms with E-state index in [0.29, 0.717) is 13.0 Å². The van der Waals surface area contributed by atoms with E-state index in [1.807, 2.05) is 60.4 Å². The smallest absolute Gasteiger partial charge is 0.227 e. The number of likely N-dealkylation sites (tertiary alicyclic amines) is 1. The molecular formula is C24H33N3O2. The van der Waals surface area contributed by atoms with Crippen molar-refractivity contribution < 1.29 is 9.53 Å². The van der Waals surface area contributed by atoms with Crippen LogP contribution in [0.4, 0.5) is 11.4 Å². The Hall–Kier alpha value is -2.37. The van der Waals surface area contributed by atoms with Crippen LogP contribution in [-0.2, 0) is 9.53 Å². The van der Waals surface area contributed by atoms with Crippen LogP contribution >= 0.6 is 0 Å². The largest absolute Gasteiger partial charge is 0.384 e. The molecule has 0 unspecified atom stereocenters. The van der Waals surface area contributed by atoms with Crippen LogP contribution in [0.25, 0.3) is 0 Å². The fourth-order valence-electron chi connectivity index (χ4n) is 4.23. The van der Waals surface area contributed by atoms with E-state index in [1.54, 1.807) is 7.11 Å². The molecule has 0 radical (unpaired) electrons. The number of methoxy groups -OCH3 is 1. The molecule has 0 aromatic heterocycles. The lowest BCUT2D eigenvalue weighted by Gasteiger charge is -2.48. The summed E-state index contributed by atoms with van der Waals surface area (Å²) in [5.41, 5.74) is 1.84. The lowest BCUT2D eigenvalue weighted by molar-refractivity contribution is -0.120. The van der Waals surface area contributed by atoms with Gasteiger partial charge in [0, 0.05) is 51.1 Å². The third kappa shape index (κ3) is 5.37. The summed E-state index contributed by atoms with van der Waals surface area (Å²) in [7, 11) is 1.73. The molecular weight excluding hydrogens is 362 g/mol. The molecule has 29 heavy (non-hydrogen) atoms. The maximum Gasteiger partial charge on any atom is 0.227 e. The van der Waals surface area contributed by atoms with Crippen LogP contribution in [-0.4, -0.2) is 56.2 Å². The van der Waals surface area contributed by atoms with Gasteiger partial charge in [-0.05, 0) is 37.1 Å². The molecule has 0 spiro atoms. The van der Waals surface area contributed by atoms with Gasteiger partial charge in [-0.2, -0.15) is 0 Å². The van der Waals surface area contributed by atoms with E-state index in [-0.39, 0.29) is 11.4 Å². The number of benzene rings is 2. The van der Waals surface area contributed by atoms with Gasteiger partial charge in [-0.15, -0.1) is 0 Å². The Labute approximate surface area is 174 Å². The van der Waals surface area contributed by atoms with Crippen molar-refractivity contribution in [2.75, 3.05) is 50.1 Å². The molecule has 1 amide bonds. The molecule has 1 aliphatic heterocycles. The van der Waals surface area contributed by atoms with E-state index in [1.165, 1.54) is 0 Å². The Balaban J connectivity index is 1.65. The molecule has 0 aliphatic carbocycles. The number of ether oxygens (including phenoxy) is 1. The molecule has 1 heterocycles. The molecule has 5 nitrogen and oxygen atoms in total. The van der Waals surface area contributed by atoms with Gasteiger partial charge in [-0.25, -0.2) is 0 Å². The molecule has 1 saturated heterocycles. The molecule has 3 rings (SSSR count). The lowest BCUT2D eigenvalue weighted by Crippen LogP contribution is -2.60. The molecule has 5 heteroatoms. The van der Waals surface area contributed by atoms with Gasteiger partial charge in [0.15, 0.2) is 0 Å². The van der Waals surface area contributed by atoms with Gasteiger partial charge >= 0.3 is 0 Å². The van der Waals surface area contributed by atoms with Crippen LogP contribution in [0, 0.1) is 0 Å². The molecule has 0 bridgehead atoms. The van der Waals surface area contributed by atoms with E-state index >= 15 is 0 Å². The first-order chi connectivity index (χ1) is 14.2. The van der Waals surface area contributed by atoms with Crippen molar-refractivity contribution in [2.24, 2.45) is 0 Å². The van der Waals surface area contributed by atoms with Crippen LogP contribution in [0.3, 0.4) is 0 Å². The Morgan fingerprint density at radius 1 is 1.07 bits per heavy atom. The number of anilines is 2. The maximum atomic E-state index is 12.9. The van der Waals surface area contributed by atoms with Crippen molar-refractivity contribution in [3.05, 3.63) is 60.7 Å². The summed E-state index contributed by atoms with van der Waals surface area (Å²) in [5, 5.41) is 3.48. The molecule has 0 atom stereocenters. The Kier molecular flexibility index (Phi) is 7.67. The van der Waals surface area contributed by atoms with Gasteiger partial charge in [-0.3, -0.25) is 4.79 Å². The first-order valence-electron chi connectivity index (χ1n) is 10.6. The highest BCUT2D eigenvalue weighted by molar-refractivity contribution is 5.94. The number of hydrogen-bond acceptors (Lipinski definition) is 4. The SMILES string of the molecule is CCC(=O)N(c1ccccc1)C1(COC)CCN(CCNc2ccccc2)CC1. The monoisotopic (exact) mass is 395 g/mol. The summed E-state index contributed by atoms with van der Waals surface area (Å²) in [6.45, 7) is 6.32. The zero-order chi connectivity index (χ0) is 20.5. The summed E-state index contributed by atoms with van der Waals surface area (Å²) < 4.78 is 5.63. The number of rotatable bonds is 9. The number of nitrogens with zero attached hydrogens (tertiary/aromatic N) is 2. The van der Waals surface area contributed by atoms with Gasteiger partial charge in [0.1, 0.15) is 0 Å². The summed E-state index contributed by atoms with van der Waals surface area (Å²) in [4.78, 5) is 17.4. The predicted molar refractivity (Wildman–Crippen MR) is 119 cm³/mol. The van der Waals surface area contributed by atoms with Gasteiger partial charge in [0.05, 0.1) is 12.1 Å². The van der Waals surface area contributed by atoms with Crippen LogP contribution < -0.4 is 10.2 Å². The third-order valence-corrected chi connectivity index (χ3v) is 5.77. The minimum Gasteiger partial charge on any atom is -0.384 e. The van der Waals surface area contributed by atoms with Crippen LogP contribution in [0.1, 0.15) is 26.2 Å². The fraction of sp³-hybridized carbons (Fsp3) is 0.458. The van der Waals surface area contributed by atoms with Gasteiger partial charge < -0.3 is 19.9 Å². The van der Waals surface area contributed by atoms with Crippen molar-refractivity contribution in [1.82, 2.24) is 4.90 Å². The lowest BCUT2D eigenvalue weighted by atomic mass is 9.85. The number of carbonyl (C=O) groups is 1. The number of amides is 1. The summed E-state index contributed by atoms with van der Waals surface area (Å²) >= 11 is 0. The van der Waals surface area contributed by atoms with E-state index in [4.69, 9.17) is 4.74 Å². The molecule has 156 valence electrons. The normalized spacial score (nSPS) is 16.3. The first kappa shape index (κ1) is 21.3. The predicted octanol–water partition coefficient (Wildman–Crippen LogP) is 4.02. The Morgan fingerprint density at radius 2 is 1.69 bits per heavy atom. The average molecular weight is 396 g/mol. The number of piperidine rings is 1. The number of hydrogen-bond donors (Lipinski definition) is 1. The summed E-state index contributed by atoms with van der Waals surface area (Å²) in [6.07, 6.45) is 2.31. The fourth-order valence-corrected chi connectivity index (χ4v) is 4.23. The summed E-state index contributed by atoms with van der Waals surface area (Å²) in [6, 6.07) is 20.3. The average Bonchev–Trinajstić information content (AvgIpc) is 2.77. The Morgan fingerprint density at radius 3 is 2.28 bits per heavy atom. The second-order valence-electron chi connectivity index (χ2n) is 7.71. The third-order valence-electron chi connectivity index (χ3n) is 5.77. The number of carbonyl (C=O) groups excluding carboxylic acids is 1. The van der Waals surface area contributed by atoms with Crippen LogP contribution in [0.2, 0.25) is 0 Å². The second kappa shape index (κ2) is 10.4. The van der Waals surface area contributed by atoms with E-state index in [0.717, 1.165) is 50.4 Å². The van der Waals surface area contributed by atoms with Crippen LogP contribution in [0.5, 0.6) is 0 Å². The highest BCUT2D eigenvalue weighted by atomic mass is 16.5. The van der Waals surface area contributed by atoms with Crippen LogP contribution in [0.15, 0.2) is 60.7 Å². The highest BCUT2D eigenvalue weighted by Gasteiger charge is 2.42. The quantitative estimate of drug-likeness (QED) is 0.696. The van der Waals surface area contributed by atoms with E-state index in [2.05, 4.69) is 22.3 Å². The zero-order valence-corrected chi connectivity index (χ0v) is 17.6. The molecule has 1 aliphatic rings. The molecule has 2 aromatic rings. The van der Waals surface area contributed by atoms with Crippen molar-refractivity contribution in [3.63, 3.8) is 0 Å². The van der Waals surface area contributed by atoms with Crippen molar-refractivity contribution in [2.45, 2.75) is 31.7 Å². The van der Waals surface area contributed by atoms with E-state index in [9.17, 15) is 4.79 Å². The van der Waals surface area contributed by atoms with Gasteiger partial charge in [0.25, 0.3) is 0 Å². The minimum atomic E-state index is -0.285. The molecule has 1 fully saturated rings. The first-order valence-corrected chi connectivity index (χ1v) is 10.6. The summed E-state index contributed by atoms with van der Waals surface area (Å²) in [5.74, 6) is 0.160. The maximum absolute atomic E-state index is 12.9. The number of nitrogens with one attached hydrogen (secondary N) is 1. The molecule has 1 N–H and O–H groups in total. The van der Waals surface area contributed by atoms with Gasteiger partial charge in [-0.1, -0.05) is 43.3 Å². The number of para-hydroxylation sites is 2.